The van der Waals surface area contributed by atoms with Gasteiger partial charge < -0.3 is 24.5 Å². The Labute approximate surface area is 183 Å². The molecule has 1 heterocycles. The zero-order chi connectivity index (χ0) is 21.9. The summed E-state index contributed by atoms with van der Waals surface area (Å²) in [5, 5.41) is 6.55. The van der Waals surface area contributed by atoms with E-state index >= 15 is 0 Å². The Balaban J connectivity index is 1.53. The minimum absolute atomic E-state index is 0.429. The number of benzene rings is 2. The molecule has 31 heavy (non-hydrogen) atoms. The largest absolute Gasteiger partial charge is 0.491 e. The van der Waals surface area contributed by atoms with E-state index in [1.807, 2.05) is 50.2 Å². The van der Waals surface area contributed by atoms with Gasteiger partial charge in [0.2, 0.25) is 5.89 Å². The van der Waals surface area contributed by atoms with Gasteiger partial charge in [0.05, 0.1) is 19.3 Å². The fourth-order valence-corrected chi connectivity index (χ4v) is 2.98. The maximum Gasteiger partial charge on any atom is 0.214 e. The van der Waals surface area contributed by atoms with Crippen LogP contribution in [0.25, 0.3) is 11.3 Å². The summed E-state index contributed by atoms with van der Waals surface area (Å²) < 4.78 is 17.1. The van der Waals surface area contributed by atoms with Crippen LogP contribution in [-0.2, 0) is 17.8 Å². The summed E-state index contributed by atoms with van der Waals surface area (Å²) in [4.78, 5) is 8.63. The second-order valence-electron chi connectivity index (χ2n) is 6.92. The standard InChI is InChI=1S/C24H30N4O3/c1-4-29-12-13-30-21-14-18(2)10-11-20(21)15-27-24(25-3)28-17-23-26-16-22(31-23)19-8-6-5-7-9-19/h5-11,14,16H,4,12-13,15,17H2,1-3H3,(H2,25,27,28). The zero-order valence-electron chi connectivity index (χ0n) is 18.4. The van der Waals surface area contributed by atoms with Crippen molar-refractivity contribution in [2.75, 3.05) is 26.9 Å². The van der Waals surface area contributed by atoms with Gasteiger partial charge in [-0.05, 0) is 25.5 Å². The molecule has 0 aliphatic carbocycles. The number of ether oxygens (including phenoxy) is 2. The molecule has 1 aromatic heterocycles. The van der Waals surface area contributed by atoms with Crippen LogP contribution in [0.2, 0.25) is 0 Å². The monoisotopic (exact) mass is 422 g/mol. The molecule has 7 heteroatoms. The van der Waals surface area contributed by atoms with Gasteiger partial charge in [0, 0.05) is 31.3 Å². The van der Waals surface area contributed by atoms with Crippen molar-refractivity contribution in [3.05, 3.63) is 71.7 Å². The minimum Gasteiger partial charge on any atom is -0.491 e. The van der Waals surface area contributed by atoms with E-state index in [0.717, 1.165) is 28.2 Å². The summed E-state index contributed by atoms with van der Waals surface area (Å²) in [6.07, 6.45) is 1.74. The Kier molecular flexibility index (Phi) is 8.48. The van der Waals surface area contributed by atoms with Gasteiger partial charge in [-0.15, -0.1) is 0 Å². The van der Waals surface area contributed by atoms with Gasteiger partial charge in [0.25, 0.3) is 0 Å². The smallest absolute Gasteiger partial charge is 0.214 e. The predicted molar refractivity (Wildman–Crippen MR) is 122 cm³/mol. The number of hydrogen-bond acceptors (Lipinski definition) is 5. The molecule has 2 aromatic carbocycles. The van der Waals surface area contributed by atoms with Crippen LogP contribution in [0.1, 0.15) is 23.9 Å². The molecule has 0 amide bonds. The normalized spacial score (nSPS) is 11.4. The average molecular weight is 423 g/mol. The highest BCUT2D eigenvalue weighted by molar-refractivity contribution is 5.79. The second-order valence-corrected chi connectivity index (χ2v) is 6.92. The molecule has 0 saturated heterocycles. The van der Waals surface area contributed by atoms with Gasteiger partial charge in [0.15, 0.2) is 11.7 Å². The molecule has 0 unspecified atom stereocenters. The van der Waals surface area contributed by atoms with Crippen LogP contribution in [0.3, 0.4) is 0 Å². The van der Waals surface area contributed by atoms with E-state index < -0.39 is 0 Å². The lowest BCUT2D eigenvalue weighted by Crippen LogP contribution is -2.36. The number of aryl methyl sites for hydroxylation is 1. The Morgan fingerprint density at radius 1 is 1.06 bits per heavy atom. The number of guanidine groups is 1. The van der Waals surface area contributed by atoms with E-state index in [9.17, 15) is 0 Å². The van der Waals surface area contributed by atoms with Crippen LogP contribution in [0.15, 0.2) is 64.1 Å². The van der Waals surface area contributed by atoms with Crippen molar-refractivity contribution < 1.29 is 13.9 Å². The first-order valence-corrected chi connectivity index (χ1v) is 10.4. The van der Waals surface area contributed by atoms with Crippen LogP contribution in [0.5, 0.6) is 5.75 Å². The first kappa shape index (κ1) is 22.4. The van der Waals surface area contributed by atoms with Gasteiger partial charge in [-0.25, -0.2) is 4.98 Å². The molecule has 0 radical (unpaired) electrons. The first-order chi connectivity index (χ1) is 15.2. The topological polar surface area (TPSA) is 80.9 Å². The summed E-state index contributed by atoms with van der Waals surface area (Å²) in [5.74, 6) is 2.84. The number of nitrogens with zero attached hydrogens (tertiary/aromatic N) is 2. The maximum atomic E-state index is 5.91. The number of oxazole rings is 1. The van der Waals surface area contributed by atoms with Crippen LogP contribution >= 0.6 is 0 Å². The van der Waals surface area contributed by atoms with Crippen molar-refractivity contribution in [3.8, 4) is 17.1 Å². The number of nitrogens with one attached hydrogen (secondary N) is 2. The summed E-state index contributed by atoms with van der Waals surface area (Å²) in [6, 6.07) is 16.1. The lowest BCUT2D eigenvalue weighted by Gasteiger charge is -2.15. The molecule has 0 spiro atoms. The van der Waals surface area contributed by atoms with Crippen LogP contribution < -0.4 is 15.4 Å². The van der Waals surface area contributed by atoms with Crippen molar-refractivity contribution >= 4 is 5.96 Å². The molecule has 0 atom stereocenters. The fourth-order valence-electron chi connectivity index (χ4n) is 2.98. The minimum atomic E-state index is 0.429. The Bertz CT molecular complexity index is 970. The van der Waals surface area contributed by atoms with Crippen LogP contribution in [0.4, 0.5) is 0 Å². The highest BCUT2D eigenvalue weighted by Crippen LogP contribution is 2.21. The van der Waals surface area contributed by atoms with Crippen molar-refractivity contribution in [1.82, 2.24) is 15.6 Å². The van der Waals surface area contributed by atoms with Gasteiger partial charge in [-0.1, -0.05) is 42.5 Å². The highest BCUT2D eigenvalue weighted by Gasteiger charge is 2.09. The van der Waals surface area contributed by atoms with Gasteiger partial charge in [-0.2, -0.15) is 0 Å². The molecule has 0 aliphatic heterocycles. The Morgan fingerprint density at radius 3 is 2.65 bits per heavy atom. The van der Waals surface area contributed by atoms with Crippen molar-refractivity contribution in [2.45, 2.75) is 26.9 Å². The SMILES string of the molecule is CCOCCOc1cc(C)ccc1CNC(=NC)NCc1ncc(-c2ccccc2)o1. The van der Waals surface area contributed by atoms with Crippen molar-refractivity contribution in [2.24, 2.45) is 4.99 Å². The molecular weight excluding hydrogens is 392 g/mol. The Morgan fingerprint density at radius 2 is 1.87 bits per heavy atom. The summed E-state index contributed by atoms with van der Waals surface area (Å²) in [7, 11) is 1.73. The van der Waals surface area contributed by atoms with Gasteiger partial charge >= 0.3 is 0 Å². The highest BCUT2D eigenvalue weighted by atomic mass is 16.5. The molecule has 0 bridgehead atoms. The third-order valence-corrected chi connectivity index (χ3v) is 4.60. The van der Waals surface area contributed by atoms with E-state index in [-0.39, 0.29) is 0 Å². The maximum absolute atomic E-state index is 5.91. The van der Waals surface area contributed by atoms with Crippen LogP contribution in [0, 0.1) is 6.92 Å². The number of aliphatic imine (C=N–C) groups is 1. The van der Waals surface area contributed by atoms with E-state index in [4.69, 9.17) is 13.9 Å². The van der Waals surface area contributed by atoms with Crippen LogP contribution in [-0.4, -0.2) is 37.8 Å². The number of rotatable bonds is 10. The molecular formula is C24H30N4O3. The molecule has 3 rings (SSSR count). The first-order valence-electron chi connectivity index (χ1n) is 10.4. The number of hydrogen-bond donors (Lipinski definition) is 2. The summed E-state index contributed by atoms with van der Waals surface area (Å²) in [5.41, 5.74) is 3.20. The summed E-state index contributed by atoms with van der Waals surface area (Å²) in [6.45, 7) is 6.80. The van der Waals surface area contributed by atoms with Crippen molar-refractivity contribution in [1.29, 1.82) is 0 Å². The molecule has 0 aliphatic rings. The quantitative estimate of drug-likeness (QED) is 0.293. The molecule has 0 fully saturated rings. The van der Waals surface area contributed by atoms with Gasteiger partial charge in [0.1, 0.15) is 12.4 Å². The average Bonchev–Trinajstić information content (AvgIpc) is 3.27. The van der Waals surface area contributed by atoms with E-state index in [0.29, 0.717) is 44.8 Å². The second kappa shape index (κ2) is 11.8. The van der Waals surface area contributed by atoms with E-state index in [1.165, 1.54) is 0 Å². The van der Waals surface area contributed by atoms with Crippen molar-refractivity contribution in [3.63, 3.8) is 0 Å². The lowest BCUT2D eigenvalue weighted by molar-refractivity contribution is 0.110. The van der Waals surface area contributed by atoms with E-state index in [1.54, 1.807) is 13.2 Å². The molecule has 164 valence electrons. The zero-order valence-corrected chi connectivity index (χ0v) is 18.4. The third kappa shape index (κ3) is 6.86. The molecule has 2 N–H and O–H groups in total. The Hall–Kier alpha value is -3.32. The van der Waals surface area contributed by atoms with E-state index in [2.05, 4.69) is 32.7 Å². The number of aromatic nitrogens is 1. The summed E-state index contributed by atoms with van der Waals surface area (Å²) >= 11 is 0. The van der Waals surface area contributed by atoms with Gasteiger partial charge in [-0.3, -0.25) is 4.99 Å². The molecule has 0 saturated carbocycles. The fraction of sp³-hybridized carbons (Fsp3) is 0.333. The third-order valence-electron chi connectivity index (χ3n) is 4.60. The lowest BCUT2D eigenvalue weighted by atomic mass is 10.1. The predicted octanol–water partition coefficient (Wildman–Crippen LogP) is 3.93. The molecule has 3 aromatic rings. The molecule has 7 nitrogen and oxygen atoms in total.